The van der Waals surface area contributed by atoms with Gasteiger partial charge in [-0.1, -0.05) is 0 Å². The predicted octanol–water partition coefficient (Wildman–Crippen LogP) is 0.353. The van der Waals surface area contributed by atoms with Crippen molar-refractivity contribution in [2.45, 2.75) is 0 Å². The van der Waals surface area contributed by atoms with Gasteiger partial charge in [-0.2, -0.15) is 0 Å². The highest BCUT2D eigenvalue weighted by Gasteiger charge is 1.91. The molecule has 0 aliphatic rings. The second kappa shape index (κ2) is 2.30. The summed E-state index contributed by atoms with van der Waals surface area (Å²) in [5.41, 5.74) is 0. The average Bonchev–Trinajstić information content (AvgIpc) is 1.90. The number of hydrogen-bond donors (Lipinski definition) is 1. The van der Waals surface area contributed by atoms with Crippen LogP contribution in [0.2, 0.25) is 0 Å². The number of nitrogens with zero attached hydrogens (tertiary/aromatic N) is 2. The van der Waals surface area contributed by atoms with Crippen molar-refractivity contribution in [2.75, 3.05) is 0 Å². The molecule has 1 aromatic heterocycles. The standard InChI is InChI=1S/C5H5N2O2/c1-9-5-3-2-4(8)6-7-5/h2-3H,1H2,(H,6,8). The zero-order valence-electron chi connectivity index (χ0n) is 4.61. The van der Waals surface area contributed by atoms with Gasteiger partial charge in [-0.15, -0.1) is 10.2 Å². The van der Waals surface area contributed by atoms with Crippen LogP contribution in [0.25, 0.3) is 0 Å². The van der Waals surface area contributed by atoms with Crippen LogP contribution in [0.4, 0.5) is 0 Å². The van der Waals surface area contributed by atoms with Crippen molar-refractivity contribution in [1.29, 1.82) is 0 Å². The first-order valence-electron chi connectivity index (χ1n) is 2.27. The van der Waals surface area contributed by atoms with Gasteiger partial charge in [0, 0.05) is 12.1 Å². The molecule has 0 amide bonds. The SMILES string of the molecule is [CH2]Oc1ccc(O)nn1. The van der Waals surface area contributed by atoms with E-state index in [2.05, 4.69) is 22.0 Å². The molecule has 1 rings (SSSR count). The number of aromatic nitrogens is 2. The van der Waals surface area contributed by atoms with Crippen molar-refractivity contribution in [3.63, 3.8) is 0 Å². The lowest BCUT2D eigenvalue weighted by atomic mass is 10.5. The predicted molar refractivity (Wildman–Crippen MR) is 29.7 cm³/mol. The maximum Gasteiger partial charge on any atom is 0.233 e. The minimum absolute atomic E-state index is 0.129. The fourth-order valence-corrected chi connectivity index (χ4v) is 0.390. The molecule has 1 aromatic rings. The average molecular weight is 125 g/mol. The number of ether oxygens (including phenoxy) is 1. The van der Waals surface area contributed by atoms with Crippen LogP contribution >= 0.6 is 0 Å². The highest BCUT2D eigenvalue weighted by molar-refractivity contribution is 5.13. The van der Waals surface area contributed by atoms with Crippen LogP contribution < -0.4 is 4.74 Å². The van der Waals surface area contributed by atoms with Crippen molar-refractivity contribution in [2.24, 2.45) is 0 Å². The van der Waals surface area contributed by atoms with Gasteiger partial charge in [-0.05, 0) is 0 Å². The van der Waals surface area contributed by atoms with E-state index >= 15 is 0 Å². The summed E-state index contributed by atoms with van der Waals surface area (Å²) in [6, 6.07) is 2.84. The molecule has 9 heavy (non-hydrogen) atoms. The molecule has 0 bridgehead atoms. The van der Waals surface area contributed by atoms with E-state index in [0.29, 0.717) is 0 Å². The Balaban J connectivity index is 2.88. The van der Waals surface area contributed by atoms with E-state index in [1.165, 1.54) is 12.1 Å². The molecular weight excluding hydrogens is 120 g/mol. The van der Waals surface area contributed by atoms with Crippen LogP contribution in [-0.4, -0.2) is 15.3 Å². The molecule has 47 valence electrons. The Bertz CT molecular complexity index is 185. The molecule has 0 aliphatic carbocycles. The minimum Gasteiger partial charge on any atom is -0.492 e. The molecule has 0 saturated carbocycles. The maximum atomic E-state index is 8.60. The number of hydrogen-bond acceptors (Lipinski definition) is 4. The van der Waals surface area contributed by atoms with E-state index < -0.39 is 0 Å². The third-order valence-electron chi connectivity index (χ3n) is 0.774. The largest absolute Gasteiger partial charge is 0.492 e. The first kappa shape index (κ1) is 5.81. The van der Waals surface area contributed by atoms with Crippen LogP contribution in [0.3, 0.4) is 0 Å². The third-order valence-corrected chi connectivity index (χ3v) is 0.774. The molecule has 0 aromatic carbocycles. The van der Waals surface area contributed by atoms with Gasteiger partial charge in [0.15, 0.2) is 0 Å². The van der Waals surface area contributed by atoms with Gasteiger partial charge >= 0.3 is 0 Å². The lowest BCUT2D eigenvalue weighted by molar-refractivity contribution is 0.416. The van der Waals surface area contributed by atoms with Gasteiger partial charge in [0.05, 0.1) is 0 Å². The van der Waals surface area contributed by atoms with Crippen LogP contribution in [-0.2, 0) is 0 Å². The molecule has 4 heteroatoms. The Morgan fingerprint density at radius 2 is 2.22 bits per heavy atom. The summed E-state index contributed by atoms with van der Waals surface area (Å²) in [5, 5.41) is 15.3. The van der Waals surface area contributed by atoms with Crippen molar-refractivity contribution in [3.8, 4) is 11.8 Å². The van der Waals surface area contributed by atoms with Crippen LogP contribution in [0, 0.1) is 7.11 Å². The van der Waals surface area contributed by atoms with Gasteiger partial charge in [0.2, 0.25) is 11.8 Å². The van der Waals surface area contributed by atoms with Crippen molar-refractivity contribution in [3.05, 3.63) is 19.2 Å². The second-order valence-electron chi connectivity index (χ2n) is 1.37. The van der Waals surface area contributed by atoms with Gasteiger partial charge in [0.25, 0.3) is 0 Å². The summed E-state index contributed by atoms with van der Waals surface area (Å²) in [6.45, 7) is 0. The minimum atomic E-state index is -0.129. The Morgan fingerprint density at radius 3 is 2.67 bits per heavy atom. The maximum absolute atomic E-state index is 8.60. The van der Waals surface area contributed by atoms with Crippen LogP contribution in [0.15, 0.2) is 12.1 Å². The first-order chi connectivity index (χ1) is 4.33. The lowest BCUT2D eigenvalue weighted by Gasteiger charge is -1.93. The van der Waals surface area contributed by atoms with E-state index in [9.17, 15) is 0 Å². The van der Waals surface area contributed by atoms with Crippen LogP contribution in [0.1, 0.15) is 0 Å². The molecule has 1 N–H and O–H groups in total. The highest BCUT2D eigenvalue weighted by atomic mass is 16.5. The Labute approximate surface area is 52.1 Å². The van der Waals surface area contributed by atoms with Crippen LogP contribution in [0.5, 0.6) is 11.8 Å². The fraction of sp³-hybridized carbons (Fsp3) is 0. The van der Waals surface area contributed by atoms with E-state index in [0.717, 1.165) is 0 Å². The molecule has 0 unspecified atom stereocenters. The number of aromatic hydroxyl groups is 1. The molecule has 0 aliphatic heterocycles. The van der Waals surface area contributed by atoms with Crippen molar-refractivity contribution >= 4 is 0 Å². The first-order valence-corrected chi connectivity index (χ1v) is 2.27. The van der Waals surface area contributed by atoms with Crippen molar-refractivity contribution in [1.82, 2.24) is 10.2 Å². The summed E-state index contributed by atoms with van der Waals surface area (Å²) in [6.07, 6.45) is 0. The summed E-state index contributed by atoms with van der Waals surface area (Å²) in [7, 11) is 3.10. The summed E-state index contributed by atoms with van der Waals surface area (Å²) >= 11 is 0. The summed E-state index contributed by atoms with van der Waals surface area (Å²) < 4.78 is 4.43. The zero-order valence-corrected chi connectivity index (χ0v) is 4.61. The molecule has 4 nitrogen and oxygen atoms in total. The third kappa shape index (κ3) is 1.28. The molecular formula is C5H5N2O2. The van der Waals surface area contributed by atoms with Gasteiger partial charge < -0.3 is 9.84 Å². The summed E-state index contributed by atoms with van der Waals surface area (Å²) in [5.74, 6) is 0.156. The Morgan fingerprint density at radius 1 is 1.44 bits per heavy atom. The molecule has 0 fully saturated rings. The molecule has 0 saturated heterocycles. The summed E-state index contributed by atoms with van der Waals surface area (Å²) in [4.78, 5) is 0. The molecule has 1 radical (unpaired) electrons. The topological polar surface area (TPSA) is 55.2 Å². The van der Waals surface area contributed by atoms with Gasteiger partial charge in [-0.3, -0.25) is 0 Å². The van der Waals surface area contributed by atoms with Crippen molar-refractivity contribution < 1.29 is 9.84 Å². The monoisotopic (exact) mass is 125 g/mol. The Kier molecular flexibility index (Phi) is 1.48. The lowest BCUT2D eigenvalue weighted by Crippen LogP contribution is -1.86. The second-order valence-corrected chi connectivity index (χ2v) is 1.37. The van der Waals surface area contributed by atoms with E-state index in [4.69, 9.17) is 5.11 Å². The van der Waals surface area contributed by atoms with E-state index in [1.54, 1.807) is 0 Å². The highest BCUT2D eigenvalue weighted by Crippen LogP contribution is 2.06. The van der Waals surface area contributed by atoms with Gasteiger partial charge in [0.1, 0.15) is 7.11 Å². The Hall–Kier alpha value is -1.32. The smallest absolute Gasteiger partial charge is 0.233 e. The fourth-order valence-electron chi connectivity index (χ4n) is 0.390. The molecule has 0 atom stereocenters. The van der Waals surface area contributed by atoms with Gasteiger partial charge in [-0.25, -0.2) is 0 Å². The van der Waals surface area contributed by atoms with E-state index in [-0.39, 0.29) is 11.8 Å². The zero-order chi connectivity index (χ0) is 6.69. The molecule has 1 heterocycles. The normalized spacial score (nSPS) is 9.00. The molecule has 0 spiro atoms. The quantitative estimate of drug-likeness (QED) is 0.588. The van der Waals surface area contributed by atoms with E-state index in [1.807, 2.05) is 0 Å². The number of rotatable bonds is 1.